The van der Waals surface area contributed by atoms with Crippen LogP contribution >= 0.6 is 0 Å². The summed E-state index contributed by atoms with van der Waals surface area (Å²) in [6.07, 6.45) is 0. The van der Waals surface area contributed by atoms with Gasteiger partial charge in [0.2, 0.25) is 0 Å². The minimum Gasteiger partial charge on any atom is -0.504 e. The first-order valence-corrected chi connectivity index (χ1v) is 13.7. The summed E-state index contributed by atoms with van der Waals surface area (Å²) in [5, 5.41) is 18.2. The van der Waals surface area contributed by atoms with E-state index < -0.39 is 56.5 Å². The Morgan fingerprint density at radius 1 is 0.543 bits per heavy atom. The largest absolute Gasteiger partial charge is 0.504 e. The number of aromatic hydroxyl groups is 1. The monoisotopic (exact) mass is 538 g/mol. The molecule has 12 nitrogen and oxygen atoms in total. The molecule has 0 heterocycles. The summed E-state index contributed by atoms with van der Waals surface area (Å²) in [7, 11) is -14.5. The summed E-state index contributed by atoms with van der Waals surface area (Å²) in [4.78, 5) is -2.19. The van der Waals surface area contributed by atoms with Crippen molar-refractivity contribution in [2.75, 3.05) is 0 Å². The highest BCUT2D eigenvalue weighted by Crippen LogP contribution is 2.43. The zero-order chi connectivity index (χ0) is 25.8. The Morgan fingerprint density at radius 2 is 1.09 bits per heavy atom. The maximum Gasteiger partial charge on any atom is 0.298 e. The third-order valence-electron chi connectivity index (χ3n) is 5.01. The maximum atomic E-state index is 11.8. The molecule has 4 aromatic rings. The lowest BCUT2D eigenvalue weighted by molar-refractivity contribution is 0.444. The van der Waals surface area contributed by atoms with Crippen LogP contribution in [0.15, 0.2) is 85.6 Å². The second-order valence-electron chi connectivity index (χ2n) is 7.18. The Labute approximate surface area is 198 Å². The van der Waals surface area contributed by atoms with Crippen molar-refractivity contribution in [2.45, 2.75) is 14.7 Å². The number of hydrogen-bond acceptors (Lipinski definition) is 9. The molecule has 0 spiro atoms. The van der Waals surface area contributed by atoms with E-state index in [1.54, 1.807) is 6.07 Å². The van der Waals surface area contributed by atoms with Crippen LogP contribution in [0.3, 0.4) is 0 Å². The van der Waals surface area contributed by atoms with E-state index in [-0.39, 0.29) is 27.2 Å². The van der Waals surface area contributed by atoms with E-state index >= 15 is 0 Å². The zero-order valence-electron chi connectivity index (χ0n) is 17.1. The van der Waals surface area contributed by atoms with Crippen molar-refractivity contribution >= 4 is 63.3 Å². The summed E-state index contributed by atoms with van der Waals surface area (Å²) in [6, 6.07) is 12.3. The number of rotatable bonds is 5. The molecule has 4 aromatic carbocycles. The number of phenols is 1. The van der Waals surface area contributed by atoms with E-state index in [4.69, 9.17) is 0 Å². The average molecular weight is 539 g/mol. The van der Waals surface area contributed by atoms with Gasteiger partial charge in [0, 0.05) is 21.5 Å². The summed E-state index contributed by atoms with van der Waals surface area (Å²) in [6.45, 7) is 0. The van der Waals surface area contributed by atoms with E-state index in [0.717, 1.165) is 12.1 Å². The second-order valence-corrected chi connectivity index (χ2v) is 11.3. The van der Waals surface area contributed by atoms with Crippen LogP contribution in [0.4, 0.5) is 11.4 Å². The van der Waals surface area contributed by atoms with E-state index in [1.807, 2.05) is 0 Å². The molecule has 35 heavy (non-hydrogen) atoms. The fourth-order valence-electron chi connectivity index (χ4n) is 3.54. The van der Waals surface area contributed by atoms with Gasteiger partial charge in [0.05, 0.1) is 5.69 Å². The molecule has 15 heteroatoms. The Balaban J connectivity index is 2.05. The molecular weight excluding hydrogens is 524 g/mol. The second kappa shape index (κ2) is 8.33. The van der Waals surface area contributed by atoms with Crippen molar-refractivity contribution in [1.82, 2.24) is 0 Å². The average Bonchev–Trinajstić information content (AvgIpc) is 2.75. The number of benzene rings is 4. The van der Waals surface area contributed by atoms with Gasteiger partial charge in [-0.25, -0.2) is 0 Å². The highest BCUT2D eigenvalue weighted by Gasteiger charge is 2.25. The first-order valence-electron chi connectivity index (χ1n) is 9.34. The molecule has 4 N–H and O–H groups in total. The van der Waals surface area contributed by atoms with Gasteiger partial charge in [0.1, 0.15) is 20.4 Å². The lowest BCUT2D eigenvalue weighted by Gasteiger charge is -2.11. The lowest BCUT2D eigenvalue weighted by atomic mass is 10.1. The molecule has 0 unspecified atom stereocenters. The van der Waals surface area contributed by atoms with Crippen LogP contribution < -0.4 is 0 Å². The Hall–Kier alpha value is -3.47. The van der Waals surface area contributed by atoms with Crippen molar-refractivity contribution < 1.29 is 44.0 Å². The van der Waals surface area contributed by atoms with Crippen LogP contribution in [-0.2, 0) is 30.4 Å². The SMILES string of the molecule is O=S(=O)(O)c1cc2c(S(=O)(=O)O)cccc2c(N=Nc2ccc(S(=O)(=O)O)c3ccccc23)c1O. The van der Waals surface area contributed by atoms with E-state index in [9.17, 15) is 44.0 Å². The minimum atomic E-state index is -5.07. The van der Waals surface area contributed by atoms with Crippen LogP contribution in [-0.4, -0.2) is 44.0 Å². The Kier molecular flexibility index (Phi) is 5.87. The van der Waals surface area contributed by atoms with Crippen LogP contribution in [0.2, 0.25) is 0 Å². The quantitative estimate of drug-likeness (QED) is 0.213. The van der Waals surface area contributed by atoms with Crippen molar-refractivity contribution in [3.05, 3.63) is 60.7 Å². The molecule has 0 amide bonds. The van der Waals surface area contributed by atoms with E-state index in [0.29, 0.717) is 6.07 Å². The summed E-state index contributed by atoms with van der Waals surface area (Å²) < 4.78 is 99.2. The maximum absolute atomic E-state index is 11.8. The fourth-order valence-corrected chi connectivity index (χ4v) is 5.54. The fraction of sp³-hybridized carbons (Fsp3) is 0. The van der Waals surface area contributed by atoms with Gasteiger partial charge in [-0.2, -0.15) is 25.3 Å². The summed E-state index contributed by atoms with van der Waals surface area (Å²) >= 11 is 0. The van der Waals surface area contributed by atoms with Gasteiger partial charge in [-0.3, -0.25) is 13.7 Å². The molecule has 0 aromatic heterocycles. The van der Waals surface area contributed by atoms with Crippen molar-refractivity contribution in [2.24, 2.45) is 10.2 Å². The summed E-state index contributed by atoms with van der Waals surface area (Å²) in [5.41, 5.74) is -0.507. The van der Waals surface area contributed by atoms with Crippen LogP contribution in [0.25, 0.3) is 21.5 Å². The number of azo groups is 1. The summed E-state index contributed by atoms with van der Waals surface area (Å²) in [5.74, 6) is -1.05. The molecule has 0 aliphatic heterocycles. The standard InChI is InChI=1S/C20H14N2O10S3/c23-20-18(35(30,31)32)10-14-13(6-3-7-16(14)33(24,25)26)19(20)22-21-15-8-9-17(34(27,28)29)12-5-2-1-4-11(12)15/h1-10,23H,(H,24,25,26)(H,27,28,29)(H,30,31,32). The van der Waals surface area contributed by atoms with Gasteiger partial charge in [0.25, 0.3) is 30.4 Å². The molecule has 0 atom stereocenters. The Morgan fingerprint density at radius 3 is 1.69 bits per heavy atom. The molecule has 0 aliphatic rings. The third-order valence-corrected chi connectivity index (χ3v) is 7.70. The number of hydrogen-bond donors (Lipinski definition) is 4. The van der Waals surface area contributed by atoms with Gasteiger partial charge >= 0.3 is 0 Å². The molecule has 182 valence electrons. The highest BCUT2D eigenvalue weighted by atomic mass is 32.2. The number of fused-ring (bicyclic) bond motifs is 2. The smallest absolute Gasteiger partial charge is 0.298 e. The van der Waals surface area contributed by atoms with Gasteiger partial charge < -0.3 is 5.11 Å². The van der Waals surface area contributed by atoms with Crippen molar-refractivity contribution in [1.29, 1.82) is 0 Å². The van der Waals surface area contributed by atoms with Crippen molar-refractivity contribution in [3.8, 4) is 5.75 Å². The first kappa shape index (κ1) is 24.6. The van der Waals surface area contributed by atoms with Crippen LogP contribution in [0.1, 0.15) is 0 Å². The molecule has 0 bridgehead atoms. The van der Waals surface area contributed by atoms with Gasteiger partial charge in [-0.15, -0.1) is 10.2 Å². The molecule has 0 aliphatic carbocycles. The van der Waals surface area contributed by atoms with Gasteiger partial charge in [-0.05, 0) is 24.3 Å². The van der Waals surface area contributed by atoms with Crippen LogP contribution in [0.5, 0.6) is 5.75 Å². The molecule has 4 rings (SSSR count). The predicted molar refractivity (Wildman–Crippen MR) is 123 cm³/mol. The van der Waals surface area contributed by atoms with Gasteiger partial charge in [-0.1, -0.05) is 36.4 Å². The topological polar surface area (TPSA) is 208 Å². The highest BCUT2D eigenvalue weighted by molar-refractivity contribution is 7.86. The van der Waals surface area contributed by atoms with Gasteiger partial charge in [0.15, 0.2) is 5.75 Å². The third kappa shape index (κ3) is 4.60. The number of phenolic OH excluding ortho intramolecular Hbond substituents is 1. The van der Waals surface area contributed by atoms with E-state index in [1.165, 1.54) is 36.4 Å². The lowest BCUT2D eigenvalue weighted by Crippen LogP contribution is -2.02. The molecular formula is C20H14N2O10S3. The molecule has 0 fully saturated rings. The first-order chi connectivity index (χ1) is 16.2. The zero-order valence-corrected chi connectivity index (χ0v) is 19.6. The van der Waals surface area contributed by atoms with E-state index in [2.05, 4.69) is 10.2 Å². The number of nitrogens with zero attached hydrogens (tertiary/aromatic N) is 2. The minimum absolute atomic E-state index is 0.0451. The van der Waals surface area contributed by atoms with Crippen LogP contribution in [0, 0.1) is 0 Å². The molecule has 0 saturated carbocycles. The normalized spacial score (nSPS) is 13.1. The molecule has 0 radical (unpaired) electrons. The molecule has 0 saturated heterocycles. The Bertz CT molecular complexity index is 1880. The predicted octanol–water partition coefficient (Wildman–Crippen LogP) is 3.85. The van der Waals surface area contributed by atoms with Crippen molar-refractivity contribution in [3.63, 3.8) is 0 Å².